The van der Waals surface area contributed by atoms with Crippen LogP contribution in [0.1, 0.15) is 32.1 Å². The third-order valence-electron chi connectivity index (χ3n) is 3.34. The van der Waals surface area contributed by atoms with Gasteiger partial charge in [0.05, 0.1) is 0 Å². The Morgan fingerprint density at radius 3 is 2.60 bits per heavy atom. The SMILES string of the molecule is C(CSC1CCNCC1)NCCC1CC1. The smallest absolute Gasteiger partial charge is 0.00716 e. The van der Waals surface area contributed by atoms with Gasteiger partial charge in [-0.15, -0.1) is 0 Å². The van der Waals surface area contributed by atoms with Crippen LogP contribution in [-0.4, -0.2) is 37.2 Å². The van der Waals surface area contributed by atoms with E-state index in [0.29, 0.717) is 0 Å². The lowest BCUT2D eigenvalue weighted by Gasteiger charge is -2.21. The molecule has 0 radical (unpaired) electrons. The van der Waals surface area contributed by atoms with Gasteiger partial charge in [0, 0.05) is 17.5 Å². The highest BCUT2D eigenvalue weighted by Gasteiger charge is 2.19. The van der Waals surface area contributed by atoms with Crippen LogP contribution < -0.4 is 10.6 Å². The summed E-state index contributed by atoms with van der Waals surface area (Å²) in [5, 5.41) is 7.90. The van der Waals surface area contributed by atoms with Gasteiger partial charge >= 0.3 is 0 Å². The average molecular weight is 228 g/mol. The largest absolute Gasteiger partial charge is 0.317 e. The van der Waals surface area contributed by atoms with Crippen molar-refractivity contribution in [2.45, 2.75) is 37.4 Å². The molecule has 15 heavy (non-hydrogen) atoms. The molecule has 2 fully saturated rings. The van der Waals surface area contributed by atoms with Gasteiger partial charge in [0.25, 0.3) is 0 Å². The predicted octanol–water partition coefficient (Wildman–Crippen LogP) is 1.86. The number of hydrogen-bond donors (Lipinski definition) is 2. The van der Waals surface area contributed by atoms with E-state index in [0.717, 1.165) is 11.2 Å². The second-order valence-electron chi connectivity index (χ2n) is 4.80. The van der Waals surface area contributed by atoms with Crippen molar-refractivity contribution in [1.82, 2.24) is 10.6 Å². The molecule has 2 nitrogen and oxygen atoms in total. The second kappa shape index (κ2) is 6.77. The van der Waals surface area contributed by atoms with Gasteiger partial charge in [-0.05, 0) is 44.8 Å². The molecule has 3 heteroatoms. The summed E-state index contributed by atoms with van der Waals surface area (Å²) < 4.78 is 0. The molecule has 1 aliphatic heterocycles. The molecule has 2 N–H and O–H groups in total. The fraction of sp³-hybridized carbons (Fsp3) is 1.00. The average Bonchev–Trinajstić information content (AvgIpc) is 3.09. The molecule has 0 unspecified atom stereocenters. The van der Waals surface area contributed by atoms with Gasteiger partial charge in [-0.25, -0.2) is 0 Å². The molecule has 1 saturated carbocycles. The second-order valence-corrected chi connectivity index (χ2v) is 6.21. The monoisotopic (exact) mass is 228 g/mol. The lowest BCUT2D eigenvalue weighted by atomic mass is 10.2. The maximum atomic E-state index is 3.56. The van der Waals surface area contributed by atoms with Gasteiger partial charge < -0.3 is 10.6 Å². The Labute approximate surface area is 98.0 Å². The highest BCUT2D eigenvalue weighted by molar-refractivity contribution is 7.99. The Hall–Kier alpha value is 0.270. The molecule has 88 valence electrons. The van der Waals surface area contributed by atoms with E-state index in [-0.39, 0.29) is 0 Å². The first kappa shape index (κ1) is 11.7. The van der Waals surface area contributed by atoms with Crippen LogP contribution in [0.25, 0.3) is 0 Å². The van der Waals surface area contributed by atoms with E-state index in [1.165, 1.54) is 64.0 Å². The van der Waals surface area contributed by atoms with Gasteiger partial charge in [-0.1, -0.05) is 12.8 Å². The fourth-order valence-corrected chi connectivity index (χ4v) is 3.26. The molecule has 2 aliphatic rings. The summed E-state index contributed by atoms with van der Waals surface area (Å²) in [5.74, 6) is 2.38. The first-order valence-corrected chi connectivity index (χ1v) is 7.53. The minimum absolute atomic E-state index is 0.927. The van der Waals surface area contributed by atoms with Gasteiger partial charge in [-0.3, -0.25) is 0 Å². The Kier molecular flexibility index (Phi) is 5.30. The van der Waals surface area contributed by atoms with E-state index in [4.69, 9.17) is 0 Å². The molecule has 1 heterocycles. The molecule has 0 aromatic carbocycles. The number of nitrogens with one attached hydrogen (secondary N) is 2. The van der Waals surface area contributed by atoms with Crippen molar-refractivity contribution in [3.8, 4) is 0 Å². The van der Waals surface area contributed by atoms with Crippen LogP contribution in [0, 0.1) is 5.92 Å². The normalized spacial score (nSPS) is 23.2. The van der Waals surface area contributed by atoms with Crippen molar-refractivity contribution >= 4 is 11.8 Å². The first-order valence-electron chi connectivity index (χ1n) is 6.48. The minimum Gasteiger partial charge on any atom is -0.317 e. The summed E-state index contributed by atoms with van der Waals surface area (Å²) in [6.07, 6.45) is 7.13. The van der Waals surface area contributed by atoms with E-state index in [9.17, 15) is 0 Å². The van der Waals surface area contributed by atoms with Crippen LogP contribution in [0.4, 0.5) is 0 Å². The molecule has 0 atom stereocenters. The van der Waals surface area contributed by atoms with E-state index in [1.807, 2.05) is 0 Å². The van der Waals surface area contributed by atoms with Crippen LogP contribution in [0.2, 0.25) is 0 Å². The summed E-state index contributed by atoms with van der Waals surface area (Å²) in [6.45, 7) is 4.91. The van der Waals surface area contributed by atoms with E-state index >= 15 is 0 Å². The van der Waals surface area contributed by atoms with Crippen molar-refractivity contribution in [1.29, 1.82) is 0 Å². The molecule has 0 amide bonds. The lowest BCUT2D eigenvalue weighted by Crippen LogP contribution is -2.30. The van der Waals surface area contributed by atoms with Crippen LogP contribution >= 0.6 is 11.8 Å². The fourth-order valence-electron chi connectivity index (χ4n) is 2.10. The third-order valence-corrected chi connectivity index (χ3v) is 4.73. The van der Waals surface area contributed by atoms with Crippen LogP contribution in [0.15, 0.2) is 0 Å². The van der Waals surface area contributed by atoms with E-state index in [2.05, 4.69) is 22.4 Å². The zero-order valence-corrected chi connectivity index (χ0v) is 10.5. The lowest BCUT2D eigenvalue weighted by molar-refractivity contribution is 0.531. The van der Waals surface area contributed by atoms with E-state index in [1.54, 1.807) is 0 Å². The molecular weight excluding hydrogens is 204 g/mol. The Morgan fingerprint density at radius 1 is 1.07 bits per heavy atom. The minimum atomic E-state index is 0.927. The molecule has 0 aromatic rings. The van der Waals surface area contributed by atoms with Gasteiger partial charge in [0.15, 0.2) is 0 Å². The number of rotatable bonds is 7. The highest BCUT2D eigenvalue weighted by Crippen LogP contribution is 2.31. The van der Waals surface area contributed by atoms with Crippen LogP contribution in [0.3, 0.4) is 0 Å². The maximum absolute atomic E-state index is 3.56. The molecular formula is C12H24N2S. The summed E-state index contributed by atoms with van der Waals surface area (Å²) >= 11 is 2.17. The van der Waals surface area contributed by atoms with Crippen molar-refractivity contribution in [3.05, 3.63) is 0 Å². The topological polar surface area (TPSA) is 24.1 Å². The van der Waals surface area contributed by atoms with E-state index < -0.39 is 0 Å². The molecule has 1 saturated heterocycles. The number of thioether (sulfide) groups is 1. The van der Waals surface area contributed by atoms with Crippen molar-refractivity contribution < 1.29 is 0 Å². The molecule has 0 bridgehead atoms. The third kappa shape index (κ3) is 5.23. The van der Waals surface area contributed by atoms with Gasteiger partial charge in [0.1, 0.15) is 0 Å². The molecule has 1 aliphatic carbocycles. The van der Waals surface area contributed by atoms with Crippen molar-refractivity contribution in [3.63, 3.8) is 0 Å². The van der Waals surface area contributed by atoms with Crippen LogP contribution in [-0.2, 0) is 0 Å². The summed E-state index contributed by atoms with van der Waals surface area (Å²) in [6, 6.07) is 0. The molecule has 0 spiro atoms. The molecule has 2 rings (SSSR count). The zero-order valence-electron chi connectivity index (χ0n) is 9.63. The van der Waals surface area contributed by atoms with Gasteiger partial charge in [0.2, 0.25) is 0 Å². The quantitative estimate of drug-likeness (QED) is 0.651. The summed E-state index contributed by atoms with van der Waals surface area (Å²) in [7, 11) is 0. The Bertz CT molecular complexity index is 165. The maximum Gasteiger partial charge on any atom is 0.00716 e. The number of hydrogen-bond acceptors (Lipinski definition) is 3. The highest BCUT2D eigenvalue weighted by atomic mass is 32.2. The first-order chi connectivity index (χ1) is 7.45. The van der Waals surface area contributed by atoms with Crippen molar-refractivity contribution in [2.24, 2.45) is 5.92 Å². The Morgan fingerprint density at radius 2 is 1.87 bits per heavy atom. The van der Waals surface area contributed by atoms with Gasteiger partial charge in [-0.2, -0.15) is 11.8 Å². The molecule has 0 aromatic heterocycles. The Balaban J connectivity index is 1.37. The van der Waals surface area contributed by atoms with Crippen molar-refractivity contribution in [2.75, 3.05) is 31.9 Å². The zero-order chi connectivity index (χ0) is 10.3. The number of piperidine rings is 1. The predicted molar refractivity (Wildman–Crippen MR) is 68.6 cm³/mol. The van der Waals surface area contributed by atoms with Crippen LogP contribution in [0.5, 0.6) is 0 Å². The summed E-state index contributed by atoms with van der Waals surface area (Å²) in [4.78, 5) is 0. The summed E-state index contributed by atoms with van der Waals surface area (Å²) in [5.41, 5.74) is 0. The standard InChI is InChI=1S/C12H24N2S/c1-2-11(1)3-6-14-9-10-15-12-4-7-13-8-5-12/h11-14H,1-10H2.